The number of nitrogens with zero attached hydrogens (tertiary/aromatic N) is 2. The highest BCUT2D eigenvalue weighted by Crippen LogP contribution is 2.31. The molecule has 0 spiro atoms. The number of hydrogen-bond donors (Lipinski definition) is 2. The van der Waals surface area contributed by atoms with E-state index in [-0.39, 0.29) is 5.82 Å². The molecule has 112 valence electrons. The largest absolute Gasteiger partial charge is 0.378 e. The number of benzene rings is 2. The van der Waals surface area contributed by atoms with E-state index in [1.807, 2.05) is 25.1 Å². The van der Waals surface area contributed by atoms with Crippen LogP contribution in [0.5, 0.6) is 0 Å². The smallest absolute Gasteiger partial charge is 0.270 e. The minimum absolute atomic E-state index is 0.204. The predicted octanol–water partition coefficient (Wildman–Crippen LogP) is 2.92. The molecular formula is C16H15N3O3. The molecular weight excluding hydrogens is 282 g/mol. The number of H-pyrrole nitrogens is 1. The van der Waals surface area contributed by atoms with Gasteiger partial charge in [-0.05, 0) is 18.6 Å². The Labute approximate surface area is 126 Å². The number of nitrogens with one attached hydrogen (secondary N) is 1. The second-order valence-corrected chi connectivity index (χ2v) is 5.18. The maximum absolute atomic E-state index is 11.4. The van der Waals surface area contributed by atoms with Gasteiger partial charge in [0.25, 0.3) is 6.04 Å². The lowest BCUT2D eigenvalue weighted by atomic mass is 10.0. The van der Waals surface area contributed by atoms with Crippen LogP contribution in [0.15, 0.2) is 48.5 Å². The number of fused-ring (bicyclic) bond motifs is 1. The Balaban J connectivity index is 2.04. The van der Waals surface area contributed by atoms with Gasteiger partial charge in [-0.2, -0.15) is 0 Å². The Morgan fingerprint density at radius 3 is 2.55 bits per heavy atom. The van der Waals surface area contributed by atoms with Gasteiger partial charge >= 0.3 is 0 Å². The zero-order valence-corrected chi connectivity index (χ0v) is 11.9. The van der Waals surface area contributed by atoms with Gasteiger partial charge < -0.3 is 10.1 Å². The van der Waals surface area contributed by atoms with Crippen LogP contribution in [0.25, 0.3) is 11.0 Å². The highest BCUT2D eigenvalue weighted by molar-refractivity contribution is 5.78. The molecule has 0 radical (unpaired) electrons. The standard InChI is InChI=1S/C16H15N3O3/c1-10-6-5-9-12-13(10)18-16(17-12)15(20)14(19(21)22)11-7-3-2-4-8-11/h2-9,14-15,20H,1H3,(H,17,18). The van der Waals surface area contributed by atoms with Gasteiger partial charge in [-0.25, -0.2) is 4.98 Å². The third-order valence-corrected chi connectivity index (χ3v) is 3.68. The highest BCUT2D eigenvalue weighted by Gasteiger charge is 2.35. The third-order valence-electron chi connectivity index (χ3n) is 3.68. The molecule has 0 saturated carbocycles. The fraction of sp³-hybridized carbons (Fsp3) is 0.188. The fourth-order valence-electron chi connectivity index (χ4n) is 2.55. The first kappa shape index (κ1) is 14.2. The quantitative estimate of drug-likeness (QED) is 0.572. The zero-order valence-electron chi connectivity index (χ0n) is 11.9. The van der Waals surface area contributed by atoms with Gasteiger partial charge in [-0.1, -0.05) is 42.5 Å². The van der Waals surface area contributed by atoms with Crippen LogP contribution >= 0.6 is 0 Å². The fourth-order valence-corrected chi connectivity index (χ4v) is 2.55. The lowest BCUT2D eigenvalue weighted by Crippen LogP contribution is -2.20. The topological polar surface area (TPSA) is 92.0 Å². The molecule has 0 saturated heterocycles. The van der Waals surface area contributed by atoms with E-state index in [0.717, 1.165) is 11.1 Å². The molecule has 2 unspecified atom stereocenters. The van der Waals surface area contributed by atoms with E-state index in [9.17, 15) is 15.2 Å². The summed E-state index contributed by atoms with van der Waals surface area (Å²) in [6.45, 7) is 1.90. The van der Waals surface area contributed by atoms with Crippen molar-refractivity contribution in [2.45, 2.75) is 19.1 Å². The van der Waals surface area contributed by atoms with E-state index in [1.54, 1.807) is 30.3 Å². The zero-order chi connectivity index (χ0) is 15.7. The van der Waals surface area contributed by atoms with Gasteiger partial charge in [0.1, 0.15) is 5.82 Å². The monoisotopic (exact) mass is 297 g/mol. The first-order chi connectivity index (χ1) is 10.6. The van der Waals surface area contributed by atoms with Gasteiger partial charge in [0.05, 0.1) is 11.0 Å². The number of aryl methyl sites for hydroxylation is 1. The predicted molar refractivity (Wildman–Crippen MR) is 82.0 cm³/mol. The molecule has 1 heterocycles. The molecule has 0 bridgehead atoms. The Hall–Kier alpha value is -2.73. The summed E-state index contributed by atoms with van der Waals surface area (Å²) in [4.78, 5) is 18.2. The third kappa shape index (κ3) is 2.44. The number of hydrogen-bond acceptors (Lipinski definition) is 4. The van der Waals surface area contributed by atoms with E-state index < -0.39 is 17.1 Å². The van der Waals surface area contributed by atoms with Gasteiger partial charge in [0.2, 0.25) is 0 Å². The first-order valence-electron chi connectivity index (χ1n) is 6.89. The van der Waals surface area contributed by atoms with E-state index in [0.29, 0.717) is 11.1 Å². The number of aliphatic hydroxyl groups excluding tert-OH is 1. The SMILES string of the molecule is Cc1cccc2[nH]c(C(O)C(c3ccccc3)[N+](=O)[O-])nc12. The molecule has 3 rings (SSSR count). The van der Waals surface area contributed by atoms with Gasteiger partial charge in [-0.15, -0.1) is 0 Å². The van der Waals surface area contributed by atoms with E-state index in [1.165, 1.54) is 0 Å². The molecule has 1 aromatic heterocycles. The molecule has 0 aliphatic carbocycles. The van der Waals surface area contributed by atoms with Gasteiger partial charge in [-0.3, -0.25) is 10.1 Å². The molecule has 6 heteroatoms. The number of imidazole rings is 1. The Kier molecular flexibility index (Phi) is 3.60. The average Bonchev–Trinajstić information content (AvgIpc) is 2.94. The molecule has 0 aliphatic heterocycles. The van der Waals surface area contributed by atoms with Crippen LogP contribution in [0, 0.1) is 17.0 Å². The van der Waals surface area contributed by atoms with Crippen LogP contribution in [0.1, 0.15) is 29.1 Å². The summed E-state index contributed by atoms with van der Waals surface area (Å²) in [5.41, 5.74) is 2.86. The van der Waals surface area contributed by atoms with Crippen LogP contribution in [-0.4, -0.2) is 20.0 Å². The van der Waals surface area contributed by atoms with Crippen molar-refractivity contribution in [3.8, 4) is 0 Å². The van der Waals surface area contributed by atoms with E-state index in [4.69, 9.17) is 0 Å². The second-order valence-electron chi connectivity index (χ2n) is 5.18. The second kappa shape index (κ2) is 5.57. The molecule has 2 aromatic carbocycles. The van der Waals surface area contributed by atoms with Crippen LogP contribution in [0.3, 0.4) is 0 Å². The summed E-state index contributed by atoms with van der Waals surface area (Å²) in [5.74, 6) is 0.204. The summed E-state index contributed by atoms with van der Waals surface area (Å²) >= 11 is 0. The first-order valence-corrected chi connectivity index (χ1v) is 6.89. The normalized spacial score (nSPS) is 13.9. The maximum Gasteiger partial charge on any atom is 0.270 e. The maximum atomic E-state index is 11.4. The Morgan fingerprint density at radius 1 is 1.18 bits per heavy atom. The van der Waals surface area contributed by atoms with E-state index in [2.05, 4.69) is 9.97 Å². The number of aromatic amines is 1. The van der Waals surface area contributed by atoms with Crippen molar-refractivity contribution in [3.05, 3.63) is 75.6 Å². The van der Waals surface area contributed by atoms with Crippen molar-refractivity contribution in [3.63, 3.8) is 0 Å². The van der Waals surface area contributed by atoms with Crippen molar-refractivity contribution in [2.24, 2.45) is 0 Å². The van der Waals surface area contributed by atoms with Crippen LogP contribution in [-0.2, 0) is 0 Å². The molecule has 0 fully saturated rings. The van der Waals surface area contributed by atoms with Crippen LogP contribution in [0.2, 0.25) is 0 Å². The number of rotatable bonds is 4. The van der Waals surface area contributed by atoms with Crippen molar-refractivity contribution >= 4 is 11.0 Å². The molecule has 22 heavy (non-hydrogen) atoms. The minimum atomic E-state index is -1.34. The van der Waals surface area contributed by atoms with Crippen molar-refractivity contribution in [1.82, 2.24) is 9.97 Å². The highest BCUT2D eigenvalue weighted by atomic mass is 16.6. The van der Waals surface area contributed by atoms with Crippen molar-refractivity contribution in [2.75, 3.05) is 0 Å². The summed E-state index contributed by atoms with van der Waals surface area (Å²) < 4.78 is 0. The summed E-state index contributed by atoms with van der Waals surface area (Å²) in [7, 11) is 0. The van der Waals surface area contributed by atoms with Crippen LogP contribution in [0.4, 0.5) is 0 Å². The Morgan fingerprint density at radius 2 is 1.91 bits per heavy atom. The molecule has 0 aliphatic rings. The van der Waals surface area contributed by atoms with Gasteiger partial charge in [0.15, 0.2) is 6.10 Å². The summed E-state index contributed by atoms with van der Waals surface area (Å²) in [6.07, 6.45) is -1.34. The molecule has 2 atom stereocenters. The molecule has 6 nitrogen and oxygen atoms in total. The average molecular weight is 297 g/mol. The van der Waals surface area contributed by atoms with Crippen LogP contribution < -0.4 is 0 Å². The molecule has 0 amide bonds. The van der Waals surface area contributed by atoms with E-state index >= 15 is 0 Å². The Bertz CT molecular complexity index is 814. The number of aromatic nitrogens is 2. The van der Waals surface area contributed by atoms with Crippen molar-refractivity contribution < 1.29 is 10.0 Å². The summed E-state index contributed by atoms with van der Waals surface area (Å²) in [6, 6.07) is 12.8. The minimum Gasteiger partial charge on any atom is -0.378 e. The van der Waals surface area contributed by atoms with Crippen molar-refractivity contribution in [1.29, 1.82) is 0 Å². The molecule has 2 N–H and O–H groups in total. The molecule has 3 aromatic rings. The lowest BCUT2D eigenvalue weighted by molar-refractivity contribution is -0.543. The number of para-hydroxylation sites is 1. The number of nitro groups is 1. The summed E-state index contributed by atoms with van der Waals surface area (Å²) in [5, 5.41) is 21.9. The number of aliphatic hydroxyl groups is 1. The van der Waals surface area contributed by atoms with Gasteiger partial charge in [0, 0.05) is 10.5 Å². The lowest BCUT2D eigenvalue weighted by Gasteiger charge is -2.14.